The number of fused-ring (bicyclic) bond motifs is 3. The number of oxazole rings is 1. The minimum atomic E-state index is -0.347. The number of morpholine rings is 1. The zero-order valence-corrected chi connectivity index (χ0v) is 14.7. The first kappa shape index (κ1) is 16.1. The molecule has 1 fully saturated rings. The number of nitrogens with zero attached hydrogens (tertiary/aromatic N) is 4. The predicted octanol–water partition coefficient (Wildman–Crippen LogP) is -1.53. The summed E-state index contributed by atoms with van der Waals surface area (Å²) in [4.78, 5) is 31.3. The SMILES string of the molecule is Cc1oc2nc3c(c(=O)n(CC[NH+]4CCOCC4)c(=O)n3C)n2c1C. The second kappa shape index (κ2) is 5.85. The van der Waals surface area contributed by atoms with Crippen LogP contribution in [0.4, 0.5) is 0 Å². The molecule has 0 spiro atoms. The molecular weight excluding hydrogens is 326 g/mol. The fraction of sp³-hybridized carbons (Fsp3) is 0.562. The molecule has 1 N–H and O–H groups in total. The van der Waals surface area contributed by atoms with E-state index in [-0.39, 0.29) is 11.2 Å². The van der Waals surface area contributed by atoms with Crippen molar-refractivity contribution < 1.29 is 14.1 Å². The fourth-order valence-electron chi connectivity index (χ4n) is 3.43. The van der Waals surface area contributed by atoms with Crippen molar-refractivity contribution in [3.63, 3.8) is 0 Å². The highest BCUT2D eigenvalue weighted by Gasteiger charge is 2.22. The van der Waals surface area contributed by atoms with Gasteiger partial charge in [0.05, 0.1) is 32.0 Å². The van der Waals surface area contributed by atoms with Crippen LogP contribution in [-0.4, -0.2) is 51.4 Å². The van der Waals surface area contributed by atoms with Gasteiger partial charge in [0, 0.05) is 7.05 Å². The normalized spacial score (nSPS) is 16.3. The molecular formula is C16H22N5O4+. The Morgan fingerprint density at radius 3 is 2.64 bits per heavy atom. The first-order chi connectivity index (χ1) is 12.0. The average Bonchev–Trinajstić information content (AvgIpc) is 3.11. The van der Waals surface area contributed by atoms with Crippen LogP contribution in [0.3, 0.4) is 0 Å². The van der Waals surface area contributed by atoms with E-state index in [1.165, 1.54) is 14.0 Å². The monoisotopic (exact) mass is 348 g/mol. The highest BCUT2D eigenvalue weighted by molar-refractivity contribution is 5.75. The van der Waals surface area contributed by atoms with E-state index in [2.05, 4.69) is 4.98 Å². The third-order valence-corrected chi connectivity index (χ3v) is 5.09. The molecule has 3 aromatic heterocycles. The average molecular weight is 348 g/mol. The third kappa shape index (κ3) is 2.42. The number of quaternary nitrogens is 1. The molecule has 9 nitrogen and oxygen atoms in total. The largest absolute Gasteiger partial charge is 0.428 e. The highest BCUT2D eigenvalue weighted by Crippen LogP contribution is 2.19. The Kier molecular flexibility index (Phi) is 3.77. The van der Waals surface area contributed by atoms with Crippen molar-refractivity contribution in [2.45, 2.75) is 20.4 Å². The predicted molar refractivity (Wildman–Crippen MR) is 90.3 cm³/mol. The molecule has 0 aliphatic carbocycles. The second-order valence-electron chi connectivity index (χ2n) is 6.56. The van der Waals surface area contributed by atoms with Crippen molar-refractivity contribution in [1.29, 1.82) is 0 Å². The lowest BCUT2D eigenvalue weighted by Crippen LogP contribution is -3.14. The highest BCUT2D eigenvalue weighted by atomic mass is 16.5. The van der Waals surface area contributed by atoms with Crippen LogP contribution in [0.2, 0.25) is 0 Å². The summed E-state index contributed by atoms with van der Waals surface area (Å²) in [5.41, 5.74) is 0.899. The quantitative estimate of drug-likeness (QED) is 0.621. The van der Waals surface area contributed by atoms with Crippen LogP contribution in [0.25, 0.3) is 17.0 Å². The van der Waals surface area contributed by atoms with Crippen LogP contribution < -0.4 is 16.1 Å². The lowest BCUT2D eigenvalue weighted by molar-refractivity contribution is -0.908. The van der Waals surface area contributed by atoms with Gasteiger partial charge < -0.3 is 14.1 Å². The summed E-state index contributed by atoms with van der Waals surface area (Å²) in [5.74, 6) is 1.05. The van der Waals surface area contributed by atoms with Gasteiger partial charge in [0.2, 0.25) is 0 Å². The van der Waals surface area contributed by atoms with Gasteiger partial charge in [0.15, 0.2) is 11.2 Å². The van der Waals surface area contributed by atoms with Gasteiger partial charge in [-0.05, 0) is 13.8 Å². The summed E-state index contributed by atoms with van der Waals surface area (Å²) in [5, 5.41) is 0. The van der Waals surface area contributed by atoms with Gasteiger partial charge in [-0.3, -0.25) is 18.3 Å². The Morgan fingerprint density at radius 1 is 1.20 bits per heavy atom. The summed E-state index contributed by atoms with van der Waals surface area (Å²) >= 11 is 0. The van der Waals surface area contributed by atoms with Crippen LogP contribution in [0.5, 0.6) is 0 Å². The molecule has 1 aliphatic rings. The maximum Gasteiger partial charge on any atom is 0.332 e. The molecule has 1 saturated heterocycles. The first-order valence-corrected chi connectivity index (χ1v) is 8.48. The Morgan fingerprint density at radius 2 is 1.92 bits per heavy atom. The molecule has 1 aliphatic heterocycles. The number of hydrogen-bond donors (Lipinski definition) is 1. The number of imidazole rings is 1. The van der Waals surface area contributed by atoms with Crippen LogP contribution in [-0.2, 0) is 18.3 Å². The standard InChI is InChI=1S/C16H21N5O4/c1-10-11(2)25-15-17-13-12(21(10)15)14(22)20(16(23)18(13)3)5-4-19-6-8-24-9-7-19/h4-9H2,1-3H3/p+1. The summed E-state index contributed by atoms with van der Waals surface area (Å²) in [7, 11) is 1.64. The number of hydrogen-bond acceptors (Lipinski definition) is 5. The third-order valence-electron chi connectivity index (χ3n) is 5.09. The van der Waals surface area contributed by atoms with Crippen molar-refractivity contribution >= 4 is 17.0 Å². The van der Waals surface area contributed by atoms with E-state index >= 15 is 0 Å². The van der Waals surface area contributed by atoms with Crippen LogP contribution in [0.1, 0.15) is 11.5 Å². The molecule has 0 bridgehead atoms. The maximum atomic E-state index is 13.0. The number of aromatic nitrogens is 4. The van der Waals surface area contributed by atoms with Gasteiger partial charge in [-0.1, -0.05) is 0 Å². The molecule has 0 radical (unpaired) electrons. The van der Waals surface area contributed by atoms with Gasteiger partial charge in [0.25, 0.3) is 5.56 Å². The minimum Gasteiger partial charge on any atom is -0.428 e. The molecule has 0 atom stereocenters. The van der Waals surface area contributed by atoms with E-state index in [0.717, 1.165) is 38.5 Å². The lowest BCUT2D eigenvalue weighted by Gasteiger charge is -2.23. The Bertz CT molecular complexity index is 1060. The molecule has 134 valence electrons. The first-order valence-electron chi connectivity index (χ1n) is 8.48. The zero-order valence-electron chi connectivity index (χ0n) is 14.7. The fourth-order valence-corrected chi connectivity index (χ4v) is 3.43. The molecule has 9 heteroatoms. The number of ether oxygens (including phenoxy) is 1. The van der Waals surface area contributed by atoms with E-state index in [4.69, 9.17) is 9.15 Å². The maximum absolute atomic E-state index is 13.0. The molecule has 0 aromatic carbocycles. The molecule has 0 amide bonds. The van der Waals surface area contributed by atoms with Crippen molar-refractivity contribution in [3.8, 4) is 0 Å². The van der Waals surface area contributed by atoms with Crippen LogP contribution >= 0.6 is 0 Å². The van der Waals surface area contributed by atoms with E-state index in [9.17, 15) is 9.59 Å². The molecule has 0 unspecified atom stereocenters. The smallest absolute Gasteiger partial charge is 0.332 e. The second-order valence-corrected chi connectivity index (χ2v) is 6.56. The number of nitrogens with one attached hydrogen (secondary N) is 1. The summed E-state index contributed by atoms with van der Waals surface area (Å²) in [6.07, 6.45) is 0. The van der Waals surface area contributed by atoms with Crippen molar-refractivity contribution in [3.05, 3.63) is 32.3 Å². The van der Waals surface area contributed by atoms with E-state index in [0.29, 0.717) is 29.3 Å². The van der Waals surface area contributed by atoms with E-state index in [1.807, 2.05) is 13.8 Å². The molecule has 0 saturated carbocycles. The Labute approximate surface area is 143 Å². The van der Waals surface area contributed by atoms with Gasteiger partial charge in [-0.2, -0.15) is 4.98 Å². The molecule has 25 heavy (non-hydrogen) atoms. The van der Waals surface area contributed by atoms with E-state index < -0.39 is 0 Å². The summed E-state index contributed by atoms with van der Waals surface area (Å²) in [6.45, 7) is 8.03. The Balaban J connectivity index is 1.84. The van der Waals surface area contributed by atoms with Gasteiger partial charge in [-0.15, -0.1) is 0 Å². The Hall–Kier alpha value is -2.39. The van der Waals surface area contributed by atoms with Gasteiger partial charge >= 0.3 is 11.5 Å². The number of aryl methyl sites for hydroxylation is 3. The minimum absolute atomic E-state index is 0.317. The number of rotatable bonds is 3. The molecule has 4 heterocycles. The van der Waals surface area contributed by atoms with Gasteiger partial charge in [-0.25, -0.2) is 4.79 Å². The van der Waals surface area contributed by atoms with E-state index in [1.54, 1.807) is 11.4 Å². The summed E-state index contributed by atoms with van der Waals surface area (Å²) < 4.78 is 15.4. The van der Waals surface area contributed by atoms with Crippen LogP contribution in [0, 0.1) is 13.8 Å². The topological polar surface area (TPSA) is 88.1 Å². The lowest BCUT2D eigenvalue weighted by atomic mass is 10.4. The molecule has 3 aromatic rings. The van der Waals surface area contributed by atoms with Crippen molar-refractivity contribution in [2.75, 3.05) is 32.8 Å². The van der Waals surface area contributed by atoms with Gasteiger partial charge in [0.1, 0.15) is 18.8 Å². The molecule has 4 rings (SSSR count). The van der Waals surface area contributed by atoms with Crippen LogP contribution in [0.15, 0.2) is 14.0 Å². The zero-order chi connectivity index (χ0) is 17.7. The van der Waals surface area contributed by atoms with Crippen molar-refractivity contribution in [2.24, 2.45) is 7.05 Å². The van der Waals surface area contributed by atoms with Crippen molar-refractivity contribution in [1.82, 2.24) is 18.5 Å². The summed E-state index contributed by atoms with van der Waals surface area (Å²) in [6, 6.07) is 0.